The monoisotopic (exact) mass is 278 g/mol. The van der Waals surface area contributed by atoms with Crippen LogP contribution in [0.4, 0.5) is 5.82 Å². The summed E-state index contributed by atoms with van der Waals surface area (Å²) >= 11 is 0. The van der Waals surface area contributed by atoms with E-state index in [9.17, 15) is 9.90 Å². The molecule has 0 unspecified atom stereocenters. The molecule has 1 aromatic rings. The van der Waals surface area contributed by atoms with Crippen molar-refractivity contribution < 1.29 is 9.90 Å². The van der Waals surface area contributed by atoms with E-state index in [0.29, 0.717) is 5.56 Å². The minimum absolute atomic E-state index is 0.338. The summed E-state index contributed by atoms with van der Waals surface area (Å²) in [5.74, 6) is -0.0714. The highest BCUT2D eigenvalue weighted by Crippen LogP contribution is 2.17. The van der Waals surface area contributed by atoms with Gasteiger partial charge in [0.25, 0.3) is 0 Å². The number of rotatable bonds is 9. The average molecular weight is 278 g/mol. The lowest BCUT2D eigenvalue weighted by Crippen LogP contribution is -2.27. The molecule has 0 saturated heterocycles. The molecule has 0 aliphatic heterocycles. The normalized spacial score (nSPS) is 10.6. The number of carboxylic acid groups (broad SMARTS) is 1. The zero-order valence-corrected chi connectivity index (χ0v) is 12.9. The zero-order valence-electron chi connectivity index (χ0n) is 12.9. The van der Waals surface area contributed by atoms with Gasteiger partial charge in [-0.3, -0.25) is 0 Å². The summed E-state index contributed by atoms with van der Waals surface area (Å²) in [4.78, 5) is 18.0. The van der Waals surface area contributed by atoms with E-state index < -0.39 is 5.97 Å². The van der Waals surface area contributed by atoms with Crippen LogP contribution < -0.4 is 4.90 Å². The largest absolute Gasteiger partial charge is 0.478 e. The number of nitrogens with zero attached hydrogens (tertiary/aromatic N) is 2. The average Bonchev–Trinajstić information content (AvgIpc) is 2.46. The molecule has 1 heterocycles. The maximum Gasteiger partial charge on any atom is 0.335 e. The third kappa shape index (κ3) is 4.83. The lowest BCUT2D eigenvalue weighted by atomic mass is 10.1. The molecule has 0 radical (unpaired) electrons. The molecule has 4 nitrogen and oxygen atoms in total. The summed E-state index contributed by atoms with van der Waals surface area (Å²) in [6.45, 7) is 8.21. The van der Waals surface area contributed by atoms with E-state index in [2.05, 4.69) is 23.7 Å². The van der Waals surface area contributed by atoms with Crippen LogP contribution in [-0.4, -0.2) is 29.1 Å². The lowest BCUT2D eigenvalue weighted by Gasteiger charge is -2.24. The molecule has 1 aromatic heterocycles. The lowest BCUT2D eigenvalue weighted by molar-refractivity contribution is 0.0696. The third-order valence-corrected chi connectivity index (χ3v) is 3.36. The van der Waals surface area contributed by atoms with Crippen molar-refractivity contribution in [3.8, 4) is 0 Å². The minimum Gasteiger partial charge on any atom is -0.478 e. The Balaban J connectivity index is 3.02. The van der Waals surface area contributed by atoms with Crippen LogP contribution in [0.2, 0.25) is 0 Å². The van der Waals surface area contributed by atoms with Crippen LogP contribution in [0.15, 0.2) is 12.1 Å². The number of carbonyl (C=O) groups is 1. The van der Waals surface area contributed by atoms with Crippen molar-refractivity contribution in [1.82, 2.24) is 4.98 Å². The van der Waals surface area contributed by atoms with Gasteiger partial charge in [-0.2, -0.15) is 0 Å². The molecular formula is C16H26N2O2. The van der Waals surface area contributed by atoms with Crippen molar-refractivity contribution in [2.45, 2.75) is 52.9 Å². The first kappa shape index (κ1) is 16.5. The number of carboxylic acids is 1. The highest BCUT2D eigenvalue weighted by Gasteiger charge is 2.12. The fraction of sp³-hybridized carbons (Fsp3) is 0.625. The van der Waals surface area contributed by atoms with Gasteiger partial charge in [-0.1, -0.05) is 33.6 Å². The summed E-state index contributed by atoms with van der Waals surface area (Å²) in [5.41, 5.74) is 1.18. The van der Waals surface area contributed by atoms with E-state index in [0.717, 1.165) is 56.7 Å². The topological polar surface area (TPSA) is 53.4 Å². The summed E-state index contributed by atoms with van der Waals surface area (Å²) in [6, 6.07) is 3.37. The van der Waals surface area contributed by atoms with Crippen LogP contribution in [0.5, 0.6) is 0 Å². The molecule has 20 heavy (non-hydrogen) atoms. The maximum absolute atomic E-state index is 11.2. The molecular weight excluding hydrogens is 252 g/mol. The van der Waals surface area contributed by atoms with Gasteiger partial charge in [-0.05, 0) is 31.4 Å². The molecule has 0 amide bonds. The number of anilines is 1. The first-order valence-corrected chi connectivity index (χ1v) is 7.61. The molecule has 0 bridgehead atoms. The molecule has 1 N–H and O–H groups in total. The molecule has 4 heteroatoms. The second-order valence-corrected chi connectivity index (χ2v) is 5.06. The predicted octanol–water partition coefficient (Wildman–Crippen LogP) is 3.75. The minimum atomic E-state index is -0.880. The highest BCUT2D eigenvalue weighted by atomic mass is 16.4. The molecule has 0 aromatic carbocycles. The second kappa shape index (κ2) is 8.56. The van der Waals surface area contributed by atoms with Gasteiger partial charge in [-0.15, -0.1) is 0 Å². The predicted molar refractivity (Wildman–Crippen MR) is 82.6 cm³/mol. The molecule has 0 spiro atoms. The van der Waals surface area contributed by atoms with E-state index in [1.165, 1.54) is 0 Å². The van der Waals surface area contributed by atoms with Crippen molar-refractivity contribution in [2.24, 2.45) is 0 Å². The Morgan fingerprint density at radius 2 is 1.75 bits per heavy atom. The van der Waals surface area contributed by atoms with Crippen LogP contribution in [0, 0.1) is 0 Å². The van der Waals surface area contributed by atoms with Crippen molar-refractivity contribution in [1.29, 1.82) is 0 Å². The molecule has 0 aliphatic carbocycles. The number of hydrogen-bond donors (Lipinski definition) is 1. The number of aromatic nitrogens is 1. The van der Waals surface area contributed by atoms with Crippen LogP contribution in [0.1, 0.15) is 62.5 Å². The van der Waals surface area contributed by atoms with Crippen molar-refractivity contribution >= 4 is 11.8 Å². The number of hydrogen-bond acceptors (Lipinski definition) is 3. The zero-order chi connectivity index (χ0) is 15.0. The Labute approximate surface area is 121 Å². The highest BCUT2D eigenvalue weighted by molar-refractivity contribution is 5.88. The molecule has 0 saturated carbocycles. The van der Waals surface area contributed by atoms with Crippen LogP contribution in [-0.2, 0) is 6.42 Å². The quantitative estimate of drug-likeness (QED) is 0.747. The van der Waals surface area contributed by atoms with Gasteiger partial charge in [0, 0.05) is 18.8 Å². The maximum atomic E-state index is 11.2. The van der Waals surface area contributed by atoms with Crippen LogP contribution >= 0.6 is 0 Å². The molecule has 1 rings (SSSR count). The van der Waals surface area contributed by atoms with Crippen LogP contribution in [0.25, 0.3) is 0 Å². The van der Waals surface area contributed by atoms with E-state index in [1.54, 1.807) is 12.1 Å². The van der Waals surface area contributed by atoms with E-state index >= 15 is 0 Å². The first-order valence-electron chi connectivity index (χ1n) is 7.61. The Morgan fingerprint density at radius 3 is 2.20 bits per heavy atom. The second-order valence-electron chi connectivity index (χ2n) is 5.06. The van der Waals surface area contributed by atoms with Gasteiger partial charge < -0.3 is 10.0 Å². The molecule has 0 atom stereocenters. The molecule has 0 aliphatic rings. The first-order chi connectivity index (χ1) is 9.62. The Kier molecular flexibility index (Phi) is 7.05. The number of aromatic carboxylic acids is 1. The van der Waals surface area contributed by atoms with Gasteiger partial charge in [-0.25, -0.2) is 9.78 Å². The molecule has 112 valence electrons. The fourth-order valence-electron chi connectivity index (χ4n) is 2.08. The summed E-state index contributed by atoms with van der Waals surface area (Å²) in [7, 11) is 0. The van der Waals surface area contributed by atoms with Crippen molar-refractivity contribution in [2.75, 3.05) is 18.0 Å². The Hall–Kier alpha value is -1.58. The SMILES string of the molecule is CCCCN(CCCC)c1cc(C(=O)O)cc(CC)n1. The molecule has 0 fully saturated rings. The standard InChI is InChI=1S/C16H26N2O2/c1-4-7-9-18(10-8-5-2)15-12-13(16(19)20)11-14(6-3)17-15/h11-12H,4-10H2,1-3H3,(H,19,20). The van der Waals surface area contributed by atoms with Gasteiger partial charge >= 0.3 is 5.97 Å². The van der Waals surface area contributed by atoms with Gasteiger partial charge in [0.15, 0.2) is 0 Å². The van der Waals surface area contributed by atoms with Crippen molar-refractivity contribution in [3.05, 3.63) is 23.4 Å². The Morgan fingerprint density at radius 1 is 1.15 bits per heavy atom. The van der Waals surface area contributed by atoms with E-state index in [1.807, 2.05) is 6.92 Å². The summed E-state index contributed by atoms with van der Waals surface area (Å²) < 4.78 is 0. The fourth-order valence-corrected chi connectivity index (χ4v) is 2.08. The van der Waals surface area contributed by atoms with Crippen LogP contribution in [0.3, 0.4) is 0 Å². The Bertz CT molecular complexity index is 424. The summed E-state index contributed by atoms with van der Waals surface area (Å²) in [5, 5.41) is 9.22. The van der Waals surface area contributed by atoms with E-state index in [-0.39, 0.29) is 0 Å². The summed E-state index contributed by atoms with van der Waals surface area (Å²) in [6.07, 6.45) is 5.21. The van der Waals surface area contributed by atoms with Gasteiger partial charge in [0.05, 0.1) is 5.56 Å². The number of pyridine rings is 1. The smallest absolute Gasteiger partial charge is 0.335 e. The van der Waals surface area contributed by atoms with Crippen molar-refractivity contribution in [3.63, 3.8) is 0 Å². The van der Waals surface area contributed by atoms with E-state index in [4.69, 9.17) is 0 Å². The number of aryl methyl sites for hydroxylation is 1. The van der Waals surface area contributed by atoms with Gasteiger partial charge in [0.1, 0.15) is 5.82 Å². The third-order valence-electron chi connectivity index (χ3n) is 3.36. The van der Waals surface area contributed by atoms with Gasteiger partial charge in [0.2, 0.25) is 0 Å². The number of unbranched alkanes of at least 4 members (excludes halogenated alkanes) is 2.